The molecule has 0 aliphatic heterocycles. The van der Waals surface area contributed by atoms with E-state index in [2.05, 4.69) is 5.10 Å². The number of carboxylic acids is 1. The van der Waals surface area contributed by atoms with E-state index in [0.717, 1.165) is 5.56 Å². The van der Waals surface area contributed by atoms with Gasteiger partial charge in [0.2, 0.25) is 5.76 Å². The lowest BCUT2D eigenvalue weighted by Gasteiger charge is -2.14. The van der Waals surface area contributed by atoms with Crippen molar-refractivity contribution in [3.05, 3.63) is 41.6 Å². The average molecular weight is 263 g/mol. The van der Waals surface area contributed by atoms with E-state index in [9.17, 15) is 9.59 Å². The van der Waals surface area contributed by atoms with Crippen LogP contribution < -0.4 is 0 Å². The summed E-state index contributed by atoms with van der Waals surface area (Å²) in [6, 6.07) is 2.61. The summed E-state index contributed by atoms with van der Waals surface area (Å²) in [5, 5.41) is 12.7. The second-order valence-electron chi connectivity index (χ2n) is 4.15. The van der Waals surface area contributed by atoms with Crippen molar-refractivity contribution in [1.29, 1.82) is 0 Å². The van der Waals surface area contributed by atoms with Crippen molar-refractivity contribution >= 4 is 11.9 Å². The first-order chi connectivity index (χ1) is 8.97. The molecule has 0 bridgehead atoms. The molecule has 1 amide bonds. The summed E-state index contributed by atoms with van der Waals surface area (Å²) < 4.78 is 6.60. The highest BCUT2D eigenvalue weighted by molar-refractivity contribution is 5.93. The normalized spacial score (nSPS) is 10.4. The van der Waals surface area contributed by atoms with E-state index in [0.29, 0.717) is 6.54 Å². The predicted molar refractivity (Wildman–Crippen MR) is 64.7 cm³/mol. The first-order valence-corrected chi connectivity index (χ1v) is 5.53. The van der Waals surface area contributed by atoms with Gasteiger partial charge >= 0.3 is 5.97 Å². The molecule has 0 fully saturated rings. The van der Waals surface area contributed by atoms with Gasteiger partial charge < -0.3 is 14.4 Å². The van der Waals surface area contributed by atoms with Gasteiger partial charge in [-0.3, -0.25) is 9.48 Å². The fourth-order valence-electron chi connectivity index (χ4n) is 1.66. The van der Waals surface area contributed by atoms with Gasteiger partial charge in [-0.15, -0.1) is 0 Å². The Bertz CT molecular complexity index is 614. The fourth-order valence-corrected chi connectivity index (χ4v) is 1.66. The van der Waals surface area contributed by atoms with Gasteiger partial charge in [-0.2, -0.15) is 5.10 Å². The molecule has 2 aromatic rings. The summed E-state index contributed by atoms with van der Waals surface area (Å²) in [5.74, 6) is -1.83. The molecule has 0 unspecified atom stereocenters. The summed E-state index contributed by atoms with van der Waals surface area (Å²) in [5.41, 5.74) is 0.878. The van der Waals surface area contributed by atoms with Crippen LogP contribution in [-0.4, -0.2) is 38.7 Å². The summed E-state index contributed by atoms with van der Waals surface area (Å²) in [7, 11) is 3.40. The number of aryl methyl sites for hydroxylation is 1. The van der Waals surface area contributed by atoms with Crippen molar-refractivity contribution in [2.75, 3.05) is 7.05 Å². The third-order valence-electron chi connectivity index (χ3n) is 2.55. The zero-order valence-electron chi connectivity index (χ0n) is 10.5. The van der Waals surface area contributed by atoms with Crippen LogP contribution in [0.1, 0.15) is 26.7 Å². The van der Waals surface area contributed by atoms with Gasteiger partial charge in [-0.25, -0.2) is 4.79 Å². The Morgan fingerprint density at radius 2 is 2.11 bits per heavy atom. The summed E-state index contributed by atoms with van der Waals surface area (Å²) in [6.45, 7) is 0.371. The third kappa shape index (κ3) is 2.82. The van der Waals surface area contributed by atoms with E-state index >= 15 is 0 Å². The topological polar surface area (TPSA) is 88.6 Å². The maximum atomic E-state index is 12.0. The Morgan fingerprint density at radius 1 is 1.42 bits per heavy atom. The lowest BCUT2D eigenvalue weighted by Crippen LogP contribution is -2.25. The number of amides is 1. The summed E-state index contributed by atoms with van der Waals surface area (Å²) in [6.07, 6.45) is 3.46. The number of hydrogen-bond acceptors (Lipinski definition) is 4. The molecule has 7 heteroatoms. The third-order valence-corrected chi connectivity index (χ3v) is 2.55. The largest absolute Gasteiger partial charge is 0.475 e. The van der Waals surface area contributed by atoms with Crippen molar-refractivity contribution in [3.63, 3.8) is 0 Å². The number of carbonyl (C=O) groups excluding carboxylic acids is 1. The molecule has 0 radical (unpaired) electrons. The Balaban J connectivity index is 2.07. The van der Waals surface area contributed by atoms with Crippen LogP contribution in [0.2, 0.25) is 0 Å². The Hall–Kier alpha value is -2.57. The van der Waals surface area contributed by atoms with Crippen LogP contribution in [0.3, 0.4) is 0 Å². The minimum Gasteiger partial charge on any atom is -0.475 e. The highest BCUT2D eigenvalue weighted by atomic mass is 16.4. The van der Waals surface area contributed by atoms with Gasteiger partial charge in [0.05, 0.1) is 6.20 Å². The van der Waals surface area contributed by atoms with E-state index in [1.165, 1.54) is 17.0 Å². The van der Waals surface area contributed by atoms with Crippen LogP contribution in [0.25, 0.3) is 0 Å². The van der Waals surface area contributed by atoms with Gasteiger partial charge in [-0.1, -0.05) is 0 Å². The van der Waals surface area contributed by atoms with Gasteiger partial charge in [0, 0.05) is 32.4 Å². The predicted octanol–water partition coefficient (Wildman–Crippen LogP) is 0.984. The molecule has 0 aliphatic rings. The van der Waals surface area contributed by atoms with E-state index in [1.807, 2.05) is 0 Å². The standard InChI is InChI=1S/C12H13N3O4/c1-14(6-8-5-13-15(2)7-8)11(16)9-3-4-10(19-9)12(17)18/h3-5,7H,6H2,1-2H3,(H,17,18). The molecular formula is C12H13N3O4. The second-order valence-corrected chi connectivity index (χ2v) is 4.15. The molecule has 2 rings (SSSR count). The van der Waals surface area contributed by atoms with Crippen molar-refractivity contribution < 1.29 is 19.1 Å². The van der Waals surface area contributed by atoms with Crippen LogP contribution in [0, 0.1) is 0 Å². The first kappa shape index (κ1) is 12.9. The SMILES string of the molecule is CN(Cc1cnn(C)c1)C(=O)c1ccc(C(=O)O)o1. The van der Waals surface area contributed by atoms with Gasteiger partial charge in [-0.05, 0) is 12.1 Å². The summed E-state index contributed by atoms with van der Waals surface area (Å²) >= 11 is 0. The lowest BCUT2D eigenvalue weighted by molar-refractivity contribution is 0.0653. The van der Waals surface area contributed by atoms with Crippen LogP contribution in [-0.2, 0) is 13.6 Å². The number of carbonyl (C=O) groups is 2. The van der Waals surface area contributed by atoms with Gasteiger partial charge in [0.1, 0.15) is 0 Å². The number of hydrogen-bond donors (Lipinski definition) is 1. The zero-order valence-corrected chi connectivity index (χ0v) is 10.5. The molecule has 2 heterocycles. The molecule has 0 aliphatic carbocycles. The monoisotopic (exact) mass is 263 g/mol. The number of aromatic carboxylic acids is 1. The minimum atomic E-state index is -1.20. The van der Waals surface area contributed by atoms with Crippen molar-refractivity contribution in [2.24, 2.45) is 7.05 Å². The Morgan fingerprint density at radius 3 is 2.63 bits per heavy atom. The smallest absolute Gasteiger partial charge is 0.371 e. The molecular weight excluding hydrogens is 250 g/mol. The maximum Gasteiger partial charge on any atom is 0.371 e. The van der Waals surface area contributed by atoms with Gasteiger partial charge in [0.25, 0.3) is 5.91 Å². The number of aromatic nitrogens is 2. The van der Waals surface area contributed by atoms with Crippen LogP contribution in [0.15, 0.2) is 28.9 Å². The minimum absolute atomic E-state index is 0.00351. The quantitative estimate of drug-likeness (QED) is 0.888. The number of nitrogens with zero attached hydrogens (tertiary/aromatic N) is 3. The molecule has 1 N–H and O–H groups in total. The zero-order chi connectivity index (χ0) is 14.0. The Labute approximate surface area is 109 Å². The number of rotatable bonds is 4. The highest BCUT2D eigenvalue weighted by Crippen LogP contribution is 2.12. The van der Waals surface area contributed by atoms with Crippen molar-refractivity contribution in [3.8, 4) is 0 Å². The molecule has 100 valence electrons. The molecule has 0 aromatic carbocycles. The van der Waals surface area contributed by atoms with E-state index in [4.69, 9.17) is 9.52 Å². The number of furan rings is 1. The molecule has 0 spiro atoms. The maximum absolute atomic E-state index is 12.0. The summed E-state index contributed by atoms with van der Waals surface area (Å²) in [4.78, 5) is 24.1. The van der Waals surface area contributed by atoms with Crippen LogP contribution in [0.4, 0.5) is 0 Å². The van der Waals surface area contributed by atoms with Crippen LogP contribution in [0.5, 0.6) is 0 Å². The average Bonchev–Trinajstić information content (AvgIpc) is 2.97. The Kier molecular flexibility index (Phi) is 3.37. The highest BCUT2D eigenvalue weighted by Gasteiger charge is 2.18. The lowest BCUT2D eigenvalue weighted by atomic mass is 10.3. The van der Waals surface area contributed by atoms with E-state index in [-0.39, 0.29) is 17.4 Å². The fraction of sp³-hybridized carbons (Fsp3) is 0.250. The molecule has 19 heavy (non-hydrogen) atoms. The van der Waals surface area contributed by atoms with Crippen molar-refractivity contribution in [2.45, 2.75) is 6.54 Å². The number of carboxylic acid groups (broad SMARTS) is 1. The first-order valence-electron chi connectivity index (χ1n) is 5.53. The second kappa shape index (κ2) is 4.97. The molecule has 2 aromatic heterocycles. The molecule has 0 saturated heterocycles. The van der Waals surface area contributed by atoms with Crippen LogP contribution >= 0.6 is 0 Å². The van der Waals surface area contributed by atoms with Crippen molar-refractivity contribution in [1.82, 2.24) is 14.7 Å². The van der Waals surface area contributed by atoms with E-state index < -0.39 is 5.97 Å². The van der Waals surface area contributed by atoms with Gasteiger partial charge in [0.15, 0.2) is 5.76 Å². The molecule has 0 atom stereocenters. The molecule has 0 saturated carbocycles. The van der Waals surface area contributed by atoms with E-state index in [1.54, 1.807) is 31.2 Å². The molecule has 7 nitrogen and oxygen atoms in total.